The van der Waals surface area contributed by atoms with Crippen LogP contribution in [0.25, 0.3) is 0 Å². The van der Waals surface area contributed by atoms with E-state index in [0.717, 1.165) is 11.1 Å². The van der Waals surface area contributed by atoms with Crippen LogP contribution in [0.2, 0.25) is 0 Å². The van der Waals surface area contributed by atoms with E-state index in [2.05, 4.69) is 16.0 Å². The Morgan fingerprint density at radius 2 is 1.88 bits per heavy atom. The molecule has 0 aliphatic rings. The van der Waals surface area contributed by atoms with Crippen LogP contribution in [0.15, 0.2) is 42.5 Å². The molecule has 24 heavy (non-hydrogen) atoms. The highest BCUT2D eigenvalue weighted by molar-refractivity contribution is 5.93. The van der Waals surface area contributed by atoms with Gasteiger partial charge in [0.05, 0.1) is 17.9 Å². The van der Waals surface area contributed by atoms with E-state index in [-0.39, 0.29) is 24.1 Å². The Morgan fingerprint density at radius 1 is 1.08 bits per heavy atom. The molecule has 0 fully saturated rings. The van der Waals surface area contributed by atoms with Crippen molar-refractivity contribution < 1.29 is 14.7 Å². The molecular formula is C18H21N3O3. The van der Waals surface area contributed by atoms with Crippen molar-refractivity contribution in [3.05, 3.63) is 53.6 Å². The van der Waals surface area contributed by atoms with E-state index in [0.29, 0.717) is 17.9 Å². The summed E-state index contributed by atoms with van der Waals surface area (Å²) in [6.07, 6.45) is 0. The number of anilines is 2. The number of carbonyl (C=O) groups excluding carboxylic acids is 2. The standard InChI is InChI=1S/C18H21N3O3/c1-12-4-3-5-14(8-12)10-20-18(24)11-19-17-9-15(23)6-7-16(17)21-13(2)22/h3-9,19,23H,10-11H2,1-2H3,(H,20,24)(H,21,22). The van der Waals surface area contributed by atoms with Crippen LogP contribution in [0.1, 0.15) is 18.1 Å². The van der Waals surface area contributed by atoms with Gasteiger partial charge >= 0.3 is 0 Å². The lowest BCUT2D eigenvalue weighted by molar-refractivity contribution is -0.119. The van der Waals surface area contributed by atoms with E-state index in [1.807, 2.05) is 31.2 Å². The Bertz CT molecular complexity index is 744. The summed E-state index contributed by atoms with van der Waals surface area (Å²) in [6, 6.07) is 12.4. The summed E-state index contributed by atoms with van der Waals surface area (Å²) in [4.78, 5) is 23.2. The molecule has 2 amide bonds. The summed E-state index contributed by atoms with van der Waals surface area (Å²) in [5.41, 5.74) is 3.15. The van der Waals surface area contributed by atoms with Gasteiger partial charge in [0.25, 0.3) is 0 Å². The third-order valence-corrected chi connectivity index (χ3v) is 3.33. The molecule has 2 rings (SSSR count). The molecule has 126 valence electrons. The minimum Gasteiger partial charge on any atom is -0.508 e. The molecule has 0 unspecified atom stereocenters. The van der Waals surface area contributed by atoms with Crippen LogP contribution < -0.4 is 16.0 Å². The molecule has 0 saturated heterocycles. The topological polar surface area (TPSA) is 90.5 Å². The number of phenols is 1. The maximum Gasteiger partial charge on any atom is 0.239 e. The number of carbonyl (C=O) groups is 2. The van der Waals surface area contributed by atoms with Crippen LogP contribution in [0.5, 0.6) is 5.75 Å². The van der Waals surface area contributed by atoms with Crippen LogP contribution >= 0.6 is 0 Å². The van der Waals surface area contributed by atoms with E-state index in [4.69, 9.17) is 0 Å². The predicted molar refractivity (Wildman–Crippen MR) is 93.9 cm³/mol. The first kappa shape index (κ1) is 17.3. The summed E-state index contributed by atoms with van der Waals surface area (Å²) in [5, 5.41) is 17.9. The van der Waals surface area contributed by atoms with E-state index < -0.39 is 0 Å². The zero-order valence-electron chi connectivity index (χ0n) is 13.7. The smallest absolute Gasteiger partial charge is 0.239 e. The number of amides is 2. The number of nitrogens with one attached hydrogen (secondary N) is 3. The van der Waals surface area contributed by atoms with E-state index in [1.54, 1.807) is 6.07 Å². The fraction of sp³-hybridized carbons (Fsp3) is 0.222. The highest BCUT2D eigenvalue weighted by Crippen LogP contribution is 2.26. The van der Waals surface area contributed by atoms with Crippen molar-refractivity contribution in [1.29, 1.82) is 0 Å². The zero-order chi connectivity index (χ0) is 17.5. The molecule has 0 radical (unpaired) electrons. The second-order valence-electron chi connectivity index (χ2n) is 5.53. The molecule has 0 saturated carbocycles. The lowest BCUT2D eigenvalue weighted by atomic mass is 10.1. The van der Waals surface area contributed by atoms with Gasteiger partial charge in [0.15, 0.2) is 0 Å². The van der Waals surface area contributed by atoms with E-state index in [9.17, 15) is 14.7 Å². The van der Waals surface area contributed by atoms with Gasteiger partial charge in [-0.2, -0.15) is 0 Å². The molecular weight excluding hydrogens is 306 g/mol. The number of aryl methyl sites for hydroxylation is 1. The molecule has 0 bridgehead atoms. The number of hydrogen-bond acceptors (Lipinski definition) is 4. The van der Waals surface area contributed by atoms with Crippen molar-refractivity contribution in [1.82, 2.24) is 5.32 Å². The van der Waals surface area contributed by atoms with Crippen molar-refractivity contribution in [3.8, 4) is 5.75 Å². The summed E-state index contributed by atoms with van der Waals surface area (Å²) < 4.78 is 0. The normalized spacial score (nSPS) is 10.1. The summed E-state index contributed by atoms with van der Waals surface area (Å²) in [7, 11) is 0. The van der Waals surface area contributed by atoms with Crippen molar-refractivity contribution >= 4 is 23.2 Å². The molecule has 0 spiro atoms. The van der Waals surface area contributed by atoms with Gasteiger partial charge < -0.3 is 21.1 Å². The Kier molecular flexibility index (Phi) is 5.78. The number of benzene rings is 2. The molecule has 6 heteroatoms. The molecule has 2 aromatic rings. The molecule has 2 aromatic carbocycles. The fourth-order valence-electron chi connectivity index (χ4n) is 2.24. The molecule has 6 nitrogen and oxygen atoms in total. The van der Waals surface area contributed by atoms with Crippen LogP contribution in [-0.2, 0) is 16.1 Å². The van der Waals surface area contributed by atoms with E-state index >= 15 is 0 Å². The maximum atomic E-state index is 12.0. The van der Waals surface area contributed by atoms with Gasteiger partial charge in [0.1, 0.15) is 5.75 Å². The monoisotopic (exact) mass is 327 g/mol. The molecule has 0 heterocycles. The van der Waals surface area contributed by atoms with Crippen LogP contribution in [0.3, 0.4) is 0 Å². The quantitative estimate of drug-likeness (QED) is 0.613. The highest BCUT2D eigenvalue weighted by atomic mass is 16.3. The summed E-state index contributed by atoms with van der Waals surface area (Å²) in [6.45, 7) is 3.87. The van der Waals surface area contributed by atoms with Crippen molar-refractivity contribution in [2.45, 2.75) is 20.4 Å². The van der Waals surface area contributed by atoms with Gasteiger partial charge in [-0.3, -0.25) is 9.59 Å². The van der Waals surface area contributed by atoms with Crippen molar-refractivity contribution in [2.24, 2.45) is 0 Å². The fourth-order valence-corrected chi connectivity index (χ4v) is 2.24. The van der Waals surface area contributed by atoms with Crippen molar-refractivity contribution in [3.63, 3.8) is 0 Å². The van der Waals surface area contributed by atoms with Gasteiger partial charge in [-0.25, -0.2) is 0 Å². The Hall–Kier alpha value is -3.02. The van der Waals surface area contributed by atoms with Gasteiger partial charge in [-0.15, -0.1) is 0 Å². The first-order chi connectivity index (χ1) is 11.4. The third kappa shape index (κ3) is 5.31. The predicted octanol–water partition coefficient (Wildman–Crippen LogP) is 2.39. The second kappa shape index (κ2) is 8.01. The van der Waals surface area contributed by atoms with Gasteiger partial charge in [-0.05, 0) is 24.6 Å². The average molecular weight is 327 g/mol. The van der Waals surface area contributed by atoms with Gasteiger partial charge in [0.2, 0.25) is 11.8 Å². The lowest BCUT2D eigenvalue weighted by Crippen LogP contribution is -2.29. The third-order valence-electron chi connectivity index (χ3n) is 3.33. The second-order valence-corrected chi connectivity index (χ2v) is 5.53. The van der Waals surface area contributed by atoms with Crippen LogP contribution in [0, 0.1) is 6.92 Å². The van der Waals surface area contributed by atoms with Crippen LogP contribution in [-0.4, -0.2) is 23.5 Å². The van der Waals surface area contributed by atoms with E-state index in [1.165, 1.54) is 19.1 Å². The van der Waals surface area contributed by atoms with Crippen molar-refractivity contribution in [2.75, 3.05) is 17.2 Å². The minimum atomic E-state index is -0.229. The minimum absolute atomic E-state index is 0.0296. The first-order valence-corrected chi connectivity index (χ1v) is 7.61. The molecule has 4 N–H and O–H groups in total. The Morgan fingerprint density at radius 3 is 2.58 bits per heavy atom. The Labute approximate surface area is 140 Å². The lowest BCUT2D eigenvalue weighted by Gasteiger charge is -2.13. The average Bonchev–Trinajstić information content (AvgIpc) is 2.53. The number of phenolic OH excluding ortho intramolecular Hbond substituents is 1. The number of rotatable bonds is 6. The number of hydrogen-bond donors (Lipinski definition) is 4. The Balaban J connectivity index is 1.91. The largest absolute Gasteiger partial charge is 0.508 e. The maximum absolute atomic E-state index is 12.0. The van der Waals surface area contributed by atoms with Gasteiger partial charge in [-0.1, -0.05) is 29.8 Å². The molecule has 0 aliphatic heterocycles. The molecule has 0 atom stereocenters. The van der Waals surface area contributed by atoms with Crippen LogP contribution in [0.4, 0.5) is 11.4 Å². The first-order valence-electron chi connectivity index (χ1n) is 7.61. The summed E-state index contributed by atoms with van der Waals surface area (Å²) >= 11 is 0. The highest BCUT2D eigenvalue weighted by Gasteiger charge is 2.07. The zero-order valence-corrected chi connectivity index (χ0v) is 13.7. The molecule has 0 aliphatic carbocycles. The van der Waals surface area contributed by atoms with Gasteiger partial charge in [0, 0.05) is 19.5 Å². The SMILES string of the molecule is CC(=O)Nc1ccc(O)cc1NCC(=O)NCc1cccc(C)c1. The number of aromatic hydroxyl groups is 1. The molecule has 0 aromatic heterocycles. The summed E-state index contributed by atoms with van der Waals surface area (Å²) in [5.74, 6) is -0.368.